The van der Waals surface area contributed by atoms with Crippen LogP contribution in [0.1, 0.15) is 48.9 Å². The van der Waals surface area contributed by atoms with Gasteiger partial charge >= 0.3 is 0 Å². The quantitative estimate of drug-likeness (QED) is 0.898. The SMILES string of the molecule is Cc1ccnc(C#N)c1NC1CC(C)CC(c2ccccc2)C1. The van der Waals surface area contributed by atoms with Crippen molar-refractivity contribution in [1.82, 2.24) is 4.98 Å². The van der Waals surface area contributed by atoms with Crippen LogP contribution in [0.4, 0.5) is 5.69 Å². The van der Waals surface area contributed by atoms with Crippen molar-refractivity contribution in [3.63, 3.8) is 0 Å². The second-order valence-corrected chi connectivity index (χ2v) is 6.72. The fourth-order valence-corrected chi connectivity index (χ4v) is 3.75. The molecule has 118 valence electrons. The molecule has 0 spiro atoms. The molecule has 1 heterocycles. The first-order chi connectivity index (χ1) is 11.2. The van der Waals surface area contributed by atoms with E-state index in [-0.39, 0.29) is 0 Å². The number of hydrogen-bond donors (Lipinski definition) is 1. The number of benzene rings is 1. The molecule has 1 aliphatic carbocycles. The second kappa shape index (κ2) is 6.83. The topological polar surface area (TPSA) is 48.7 Å². The van der Waals surface area contributed by atoms with E-state index in [0.717, 1.165) is 24.1 Å². The van der Waals surface area contributed by atoms with E-state index >= 15 is 0 Å². The van der Waals surface area contributed by atoms with Crippen molar-refractivity contribution in [2.45, 2.75) is 45.1 Å². The Bertz CT molecular complexity index is 703. The Morgan fingerprint density at radius 2 is 1.91 bits per heavy atom. The number of hydrogen-bond acceptors (Lipinski definition) is 3. The molecule has 0 radical (unpaired) electrons. The predicted molar refractivity (Wildman–Crippen MR) is 93.3 cm³/mol. The Morgan fingerprint density at radius 1 is 1.13 bits per heavy atom. The third kappa shape index (κ3) is 3.53. The second-order valence-electron chi connectivity index (χ2n) is 6.72. The molecule has 3 unspecified atom stereocenters. The van der Waals surface area contributed by atoms with Gasteiger partial charge < -0.3 is 5.32 Å². The first-order valence-electron chi connectivity index (χ1n) is 8.34. The number of nitrogens with zero attached hydrogens (tertiary/aromatic N) is 2. The van der Waals surface area contributed by atoms with E-state index in [1.807, 2.05) is 13.0 Å². The summed E-state index contributed by atoms with van der Waals surface area (Å²) in [5.74, 6) is 1.26. The van der Waals surface area contributed by atoms with Crippen molar-refractivity contribution >= 4 is 5.69 Å². The molecule has 23 heavy (non-hydrogen) atoms. The van der Waals surface area contributed by atoms with Crippen LogP contribution in [0.2, 0.25) is 0 Å². The minimum atomic E-state index is 0.388. The average Bonchev–Trinajstić information content (AvgIpc) is 2.57. The minimum Gasteiger partial charge on any atom is -0.380 e. The zero-order valence-corrected chi connectivity index (χ0v) is 13.8. The summed E-state index contributed by atoms with van der Waals surface area (Å²) in [5, 5.41) is 12.9. The third-order valence-electron chi connectivity index (χ3n) is 4.83. The normalized spacial score (nSPS) is 24.0. The Hall–Kier alpha value is -2.34. The van der Waals surface area contributed by atoms with E-state index < -0.39 is 0 Å². The Labute approximate surface area is 138 Å². The number of aromatic nitrogens is 1. The molecule has 3 heteroatoms. The summed E-state index contributed by atoms with van der Waals surface area (Å²) in [7, 11) is 0. The third-order valence-corrected chi connectivity index (χ3v) is 4.83. The first kappa shape index (κ1) is 15.6. The zero-order chi connectivity index (χ0) is 16.2. The maximum Gasteiger partial charge on any atom is 0.163 e. The van der Waals surface area contributed by atoms with Crippen molar-refractivity contribution in [3.8, 4) is 6.07 Å². The molecule has 0 bridgehead atoms. The molecule has 3 atom stereocenters. The molecule has 0 amide bonds. The van der Waals surface area contributed by atoms with Gasteiger partial charge in [0.2, 0.25) is 0 Å². The Kier molecular flexibility index (Phi) is 4.62. The zero-order valence-electron chi connectivity index (χ0n) is 13.8. The van der Waals surface area contributed by atoms with Gasteiger partial charge in [-0.1, -0.05) is 37.3 Å². The van der Waals surface area contributed by atoms with Gasteiger partial charge in [-0.15, -0.1) is 0 Å². The summed E-state index contributed by atoms with van der Waals surface area (Å²) in [4.78, 5) is 4.20. The number of anilines is 1. The number of aryl methyl sites for hydroxylation is 1. The van der Waals surface area contributed by atoms with Gasteiger partial charge in [0, 0.05) is 12.2 Å². The van der Waals surface area contributed by atoms with Gasteiger partial charge in [0.25, 0.3) is 0 Å². The van der Waals surface area contributed by atoms with Crippen LogP contribution in [-0.4, -0.2) is 11.0 Å². The van der Waals surface area contributed by atoms with Crippen LogP contribution >= 0.6 is 0 Å². The highest BCUT2D eigenvalue weighted by Gasteiger charge is 2.28. The van der Waals surface area contributed by atoms with Crippen LogP contribution in [0.5, 0.6) is 0 Å². The molecule has 2 aromatic rings. The van der Waals surface area contributed by atoms with Crippen molar-refractivity contribution in [3.05, 3.63) is 59.4 Å². The van der Waals surface area contributed by atoms with E-state index in [4.69, 9.17) is 0 Å². The molecule has 1 saturated carbocycles. The molecule has 0 aliphatic heterocycles. The van der Waals surface area contributed by atoms with Crippen molar-refractivity contribution in [1.29, 1.82) is 5.26 Å². The lowest BCUT2D eigenvalue weighted by Crippen LogP contribution is -2.31. The number of nitrogens with one attached hydrogen (secondary N) is 1. The summed E-state index contributed by atoms with van der Waals surface area (Å²) in [6.45, 7) is 4.36. The van der Waals surface area contributed by atoms with Crippen molar-refractivity contribution in [2.75, 3.05) is 5.32 Å². The fraction of sp³-hybridized carbons (Fsp3) is 0.400. The van der Waals surface area contributed by atoms with Gasteiger partial charge in [-0.05, 0) is 55.2 Å². The molecular weight excluding hydrogens is 282 g/mol. The average molecular weight is 305 g/mol. The lowest BCUT2D eigenvalue weighted by atomic mass is 9.76. The highest BCUT2D eigenvalue weighted by Crippen LogP contribution is 2.37. The monoisotopic (exact) mass is 305 g/mol. The highest BCUT2D eigenvalue weighted by atomic mass is 14.9. The molecular formula is C20H23N3. The maximum atomic E-state index is 9.30. The van der Waals surface area contributed by atoms with Gasteiger partial charge in [-0.3, -0.25) is 0 Å². The van der Waals surface area contributed by atoms with E-state index in [1.165, 1.54) is 12.0 Å². The van der Waals surface area contributed by atoms with Crippen LogP contribution in [0.15, 0.2) is 42.6 Å². The Balaban J connectivity index is 1.80. The molecule has 1 aromatic heterocycles. The molecule has 0 saturated heterocycles. The lowest BCUT2D eigenvalue weighted by molar-refractivity contribution is 0.320. The predicted octanol–water partition coefficient (Wildman–Crippen LogP) is 4.65. The number of nitriles is 1. The summed E-state index contributed by atoms with van der Waals surface area (Å²) in [6.07, 6.45) is 5.19. The van der Waals surface area contributed by atoms with Gasteiger partial charge in [0.1, 0.15) is 6.07 Å². The molecule has 1 aliphatic rings. The van der Waals surface area contributed by atoms with Crippen LogP contribution in [0, 0.1) is 24.2 Å². The largest absolute Gasteiger partial charge is 0.380 e. The summed E-state index contributed by atoms with van der Waals surface area (Å²) >= 11 is 0. The molecule has 3 nitrogen and oxygen atoms in total. The van der Waals surface area contributed by atoms with Gasteiger partial charge in [0.15, 0.2) is 5.69 Å². The van der Waals surface area contributed by atoms with Crippen molar-refractivity contribution < 1.29 is 0 Å². The lowest BCUT2D eigenvalue weighted by Gasteiger charge is -2.35. The van der Waals surface area contributed by atoms with E-state index in [2.05, 4.69) is 53.6 Å². The smallest absolute Gasteiger partial charge is 0.163 e. The molecule has 1 N–H and O–H groups in total. The van der Waals surface area contributed by atoms with Crippen molar-refractivity contribution in [2.24, 2.45) is 5.92 Å². The van der Waals surface area contributed by atoms with Crippen LogP contribution in [-0.2, 0) is 0 Å². The molecule has 3 rings (SSSR count). The number of rotatable bonds is 3. The van der Waals surface area contributed by atoms with E-state index in [9.17, 15) is 5.26 Å². The van der Waals surface area contributed by atoms with Crippen LogP contribution in [0.3, 0.4) is 0 Å². The van der Waals surface area contributed by atoms with E-state index in [1.54, 1.807) is 6.20 Å². The standard InChI is InChI=1S/C20H23N3/c1-14-10-17(16-6-4-3-5-7-16)12-18(11-14)23-20-15(2)8-9-22-19(20)13-21/h3-9,14,17-18,23H,10-12H2,1-2H3. The highest BCUT2D eigenvalue weighted by molar-refractivity contribution is 5.59. The summed E-state index contributed by atoms with van der Waals surface area (Å²) < 4.78 is 0. The van der Waals surface area contributed by atoms with Crippen LogP contribution in [0.25, 0.3) is 0 Å². The molecule has 1 fully saturated rings. The minimum absolute atomic E-state index is 0.388. The fourth-order valence-electron chi connectivity index (χ4n) is 3.75. The number of pyridine rings is 1. The molecule has 1 aromatic carbocycles. The van der Waals surface area contributed by atoms with Gasteiger partial charge in [0.05, 0.1) is 5.69 Å². The summed E-state index contributed by atoms with van der Waals surface area (Å²) in [5.41, 5.74) is 3.92. The first-order valence-corrected chi connectivity index (χ1v) is 8.34. The Morgan fingerprint density at radius 3 is 2.65 bits per heavy atom. The summed E-state index contributed by atoms with van der Waals surface area (Å²) in [6, 6.07) is 15.3. The maximum absolute atomic E-state index is 9.30. The van der Waals surface area contributed by atoms with Crippen LogP contribution < -0.4 is 5.32 Å². The van der Waals surface area contributed by atoms with E-state index in [0.29, 0.717) is 23.6 Å². The van der Waals surface area contributed by atoms with Gasteiger partial charge in [-0.2, -0.15) is 5.26 Å². The van der Waals surface area contributed by atoms with Gasteiger partial charge in [-0.25, -0.2) is 4.98 Å².